The largest absolute Gasteiger partial charge is 0.495 e. The highest BCUT2D eigenvalue weighted by Crippen LogP contribution is 2.34. The minimum absolute atomic E-state index is 0.0443. The zero-order valence-corrected chi connectivity index (χ0v) is 22.6. The molecule has 0 fully saturated rings. The number of ether oxygens (including phenoxy) is 2. The van der Waals surface area contributed by atoms with E-state index in [-0.39, 0.29) is 24.1 Å². The Bertz CT molecular complexity index is 1410. The standard InChI is InChI=1S/C27H29F3N2O6S/c1-5-18(2)32(26(33)31-22-11-6-7-12-23(22)36-3)17-19-13-14-24(37-4)25(15-19)38-39(34,35)21-10-8-9-20(16-21)27(28,29)30/h6-16,18H,5,17H2,1-4H3,(H,31,33)/t18-/m1/s1. The molecule has 0 aliphatic heterocycles. The number of amides is 2. The van der Waals surface area contributed by atoms with Gasteiger partial charge in [0, 0.05) is 12.6 Å². The van der Waals surface area contributed by atoms with Crippen LogP contribution in [0.4, 0.5) is 23.7 Å². The minimum atomic E-state index is -4.73. The van der Waals surface area contributed by atoms with Gasteiger partial charge in [-0.05, 0) is 61.4 Å². The molecule has 39 heavy (non-hydrogen) atoms. The van der Waals surface area contributed by atoms with Crippen LogP contribution in [-0.4, -0.2) is 39.6 Å². The number of anilines is 1. The number of alkyl halides is 3. The highest BCUT2D eigenvalue weighted by Gasteiger charge is 2.32. The highest BCUT2D eigenvalue weighted by molar-refractivity contribution is 7.87. The topological polar surface area (TPSA) is 94.2 Å². The van der Waals surface area contributed by atoms with Crippen molar-refractivity contribution in [2.24, 2.45) is 0 Å². The number of methoxy groups -OCH3 is 2. The summed E-state index contributed by atoms with van der Waals surface area (Å²) < 4.78 is 80.8. The van der Waals surface area contributed by atoms with E-state index in [0.717, 1.165) is 18.2 Å². The number of carbonyl (C=O) groups excluding carboxylic acids is 1. The fraction of sp³-hybridized carbons (Fsp3) is 0.296. The van der Waals surface area contributed by atoms with Crippen LogP contribution in [0.2, 0.25) is 0 Å². The zero-order valence-electron chi connectivity index (χ0n) is 21.8. The van der Waals surface area contributed by atoms with Gasteiger partial charge in [-0.3, -0.25) is 0 Å². The Morgan fingerprint density at radius 3 is 2.28 bits per heavy atom. The first-order valence-electron chi connectivity index (χ1n) is 11.9. The molecule has 3 aromatic carbocycles. The average Bonchev–Trinajstić information content (AvgIpc) is 2.91. The smallest absolute Gasteiger partial charge is 0.416 e. The van der Waals surface area contributed by atoms with Gasteiger partial charge in [-0.15, -0.1) is 0 Å². The van der Waals surface area contributed by atoms with Gasteiger partial charge in [0.2, 0.25) is 0 Å². The summed E-state index contributed by atoms with van der Waals surface area (Å²) in [5.41, 5.74) is -0.150. The van der Waals surface area contributed by atoms with E-state index < -0.39 is 32.8 Å². The van der Waals surface area contributed by atoms with Crippen LogP contribution in [0.25, 0.3) is 0 Å². The number of nitrogens with zero attached hydrogens (tertiary/aromatic N) is 1. The minimum Gasteiger partial charge on any atom is -0.495 e. The van der Waals surface area contributed by atoms with Crippen molar-refractivity contribution < 1.29 is 40.0 Å². The lowest BCUT2D eigenvalue weighted by molar-refractivity contribution is -0.137. The van der Waals surface area contributed by atoms with Gasteiger partial charge in [0.1, 0.15) is 10.6 Å². The van der Waals surface area contributed by atoms with Gasteiger partial charge >= 0.3 is 22.3 Å². The number of urea groups is 1. The van der Waals surface area contributed by atoms with Crippen molar-refractivity contribution in [3.63, 3.8) is 0 Å². The van der Waals surface area contributed by atoms with E-state index in [9.17, 15) is 26.4 Å². The molecular weight excluding hydrogens is 537 g/mol. The number of benzene rings is 3. The van der Waals surface area contributed by atoms with Crippen molar-refractivity contribution in [3.05, 3.63) is 77.9 Å². The summed E-state index contributed by atoms with van der Waals surface area (Å²) >= 11 is 0. The molecule has 210 valence electrons. The second-order valence-corrected chi connectivity index (χ2v) is 10.1. The molecule has 0 saturated heterocycles. The fourth-order valence-electron chi connectivity index (χ4n) is 3.66. The molecule has 0 unspecified atom stereocenters. The maximum Gasteiger partial charge on any atom is 0.416 e. The Hall–Kier alpha value is -3.93. The van der Waals surface area contributed by atoms with Crippen molar-refractivity contribution in [2.45, 2.75) is 43.9 Å². The molecule has 0 saturated carbocycles. The van der Waals surface area contributed by atoms with E-state index in [2.05, 4.69) is 5.32 Å². The Labute approximate surface area is 225 Å². The monoisotopic (exact) mass is 566 g/mol. The molecule has 1 atom stereocenters. The van der Waals surface area contributed by atoms with Gasteiger partial charge in [-0.25, -0.2) is 4.79 Å². The number of hydrogen-bond acceptors (Lipinski definition) is 6. The second kappa shape index (κ2) is 12.3. The number of halogens is 3. The van der Waals surface area contributed by atoms with Crippen molar-refractivity contribution in [1.82, 2.24) is 4.90 Å². The van der Waals surface area contributed by atoms with Crippen molar-refractivity contribution in [3.8, 4) is 17.2 Å². The quantitative estimate of drug-likeness (QED) is 0.289. The van der Waals surface area contributed by atoms with E-state index >= 15 is 0 Å². The van der Waals surface area contributed by atoms with Crippen LogP contribution in [-0.2, 0) is 22.8 Å². The molecule has 1 N–H and O–H groups in total. The van der Waals surface area contributed by atoms with E-state index in [0.29, 0.717) is 29.5 Å². The van der Waals surface area contributed by atoms with E-state index in [1.165, 1.54) is 26.4 Å². The Morgan fingerprint density at radius 1 is 0.949 bits per heavy atom. The van der Waals surface area contributed by atoms with Gasteiger partial charge in [0.15, 0.2) is 11.5 Å². The third kappa shape index (κ3) is 7.34. The summed E-state index contributed by atoms with van der Waals surface area (Å²) in [4.78, 5) is 14.1. The first-order chi connectivity index (χ1) is 18.4. The molecule has 3 aromatic rings. The molecular formula is C27H29F3N2O6S. The van der Waals surface area contributed by atoms with E-state index in [1.54, 1.807) is 35.2 Å². The van der Waals surface area contributed by atoms with Crippen LogP contribution in [0.15, 0.2) is 71.6 Å². The predicted octanol–water partition coefficient (Wildman–Crippen LogP) is 6.32. The van der Waals surface area contributed by atoms with Crippen molar-refractivity contribution >= 4 is 21.8 Å². The number of carbonyl (C=O) groups is 1. The van der Waals surface area contributed by atoms with Gasteiger partial charge < -0.3 is 23.9 Å². The molecule has 0 aliphatic carbocycles. The summed E-state index contributed by atoms with van der Waals surface area (Å²) in [6.45, 7) is 3.85. The molecule has 0 radical (unpaired) electrons. The third-order valence-corrected chi connectivity index (χ3v) is 7.19. The Kier molecular flexibility index (Phi) is 9.33. The summed E-state index contributed by atoms with van der Waals surface area (Å²) in [6.07, 6.45) is -4.10. The maximum absolute atomic E-state index is 13.2. The molecule has 0 aliphatic rings. The summed E-state index contributed by atoms with van der Waals surface area (Å²) in [5.74, 6) is 0.291. The SMILES string of the molecule is CC[C@@H](C)N(Cc1ccc(OC)c(OS(=O)(=O)c2cccc(C(F)(F)F)c2)c1)C(=O)Nc1ccccc1OC. The van der Waals surface area contributed by atoms with Crippen LogP contribution in [0.5, 0.6) is 17.2 Å². The number of nitrogens with one attached hydrogen (secondary N) is 1. The van der Waals surface area contributed by atoms with Crippen LogP contribution in [0, 0.1) is 0 Å². The average molecular weight is 567 g/mol. The van der Waals surface area contributed by atoms with Gasteiger partial charge in [0.05, 0.1) is 25.5 Å². The van der Waals surface area contributed by atoms with Crippen LogP contribution in [0.3, 0.4) is 0 Å². The first kappa shape index (κ1) is 29.6. The van der Waals surface area contributed by atoms with Crippen LogP contribution < -0.4 is 19.0 Å². The molecule has 3 rings (SSSR count). The normalized spacial score (nSPS) is 12.4. The lowest BCUT2D eigenvalue weighted by Crippen LogP contribution is -2.40. The molecule has 12 heteroatoms. The third-order valence-electron chi connectivity index (χ3n) is 5.96. The molecule has 2 amide bonds. The van der Waals surface area contributed by atoms with Gasteiger partial charge in [-0.1, -0.05) is 31.2 Å². The predicted molar refractivity (Wildman–Crippen MR) is 140 cm³/mol. The lowest BCUT2D eigenvalue weighted by atomic mass is 10.1. The summed E-state index contributed by atoms with van der Waals surface area (Å²) in [5, 5.41) is 2.83. The summed E-state index contributed by atoms with van der Waals surface area (Å²) in [7, 11) is -1.86. The number of para-hydroxylation sites is 2. The number of rotatable bonds is 10. The van der Waals surface area contributed by atoms with Gasteiger partial charge in [-0.2, -0.15) is 21.6 Å². The van der Waals surface area contributed by atoms with Crippen molar-refractivity contribution in [1.29, 1.82) is 0 Å². The highest BCUT2D eigenvalue weighted by atomic mass is 32.2. The Morgan fingerprint density at radius 2 is 1.64 bits per heavy atom. The molecule has 0 heterocycles. The van der Waals surface area contributed by atoms with Gasteiger partial charge in [0.25, 0.3) is 0 Å². The van der Waals surface area contributed by atoms with E-state index in [1.807, 2.05) is 13.8 Å². The molecule has 0 bridgehead atoms. The molecule has 8 nitrogen and oxygen atoms in total. The summed E-state index contributed by atoms with van der Waals surface area (Å²) in [6, 6.07) is 14.0. The Balaban J connectivity index is 1.90. The van der Waals surface area contributed by atoms with E-state index in [4.69, 9.17) is 13.7 Å². The second-order valence-electron chi connectivity index (χ2n) is 8.56. The number of hydrogen-bond donors (Lipinski definition) is 1. The first-order valence-corrected chi connectivity index (χ1v) is 13.3. The van der Waals surface area contributed by atoms with Crippen LogP contribution in [0.1, 0.15) is 31.4 Å². The fourth-order valence-corrected chi connectivity index (χ4v) is 4.64. The van der Waals surface area contributed by atoms with Crippen LogP contribution >= 0.6 is 0 Å². The zero-order chi connectivity index (χ0) is 28.8. The van der Waals surface area contributed by atoms with Crippen molar-refractivity contribution in [2.75, 3.05) is 19.5 Å². The lowest BCUT2D eigenvalue weighted by Gasteiger charge is -2.29. The maximum atomic E-state index is 13.2. The molecule has 0 spiro atoms. The molecule has 0 aromatic heterocycles.